The molecule has 0 bridgehead atoms. The van der Waals surface area contributed by atoms with Crippen molar-refractivity contribution in [2.24, 2.45) is 0 Å². The fourth-order valence-electron chi connectivity index (χ4n) is 3.30. The van der Waals surface area contributed by atoms with Gasteiger partial charge in [0, 0.05) is 18.7 Å². The lowest BCUT2D eigenvalue weighted by Crippen LogP contribution is -2.30. The highest BCUT2D eigenvalue weighted by molar-refractivity contribution is 6.26. The van der Waals surface area contributed by atoms with E-state index in [0.717, 1.165) is 11.3 Å². The molecule has 2 N–H and O–H groups in total. The van der Waals surface area contributed by atoms with Gasteiger partial charge in [-0.2, -0.15) is 0 Å². The van der Waals surface area contributed by atoms with E-state index in [1.165, 1.54) is 0 Å². The van der Waals surface area contributed by atoms with Crippen molar-refractivity contribution >= 4 is 11.6 Å². The van der Waals surface area contributed by atoms with Gasteiger partial charge in [-0.3, -0.25) is 9.59 Å². The van der Waals surface area contributed by atoms with Crippen LogP contribution in [-0.4, -0.2) is 27.8 Å². The van der Waals surface area contributed by atoms with Crippen molar-refractivity contribution in [2.45, 2.75) is 39.8 Å². The molecule has 1 aromatic rings. The Morgan fingerprint density at radius 3 is 2.65 bits per heavy atom. The van der Waals surface area contributed by atoms with Gasteiger partial charge in [0.05, 0.1) is 23.1 Å². The molecule has 1 aliphatic heterocycles. The van der Waals surface area contributed by atoms with Crippen LogP contribution in [0.1, 0.15) is 58.5 Å². The minimum atomic E-state index is -0.580. The van der Waals surface area contributed by atoms with Gasteiger partial charge in [0.15, 0.2) is 0 Å². The highest BCUT2D eigenvalue weighted by atomic mass is 16.3. The molecule has 5 heteroatoms. The smallest absolute Gasteiger partial charge is 0.211 e. The van der Waals surface area contributed by atoms with Crippen LogP contribution in [-0.2, 0) is 6.54 Å². The zero-order valence-electron chi connectivity index (χ0n) is 11.9. The molecule has 1 aromatic heterocycles. The number of nitrogens with one attached hydrogen (secondary N) is 1. The average Bonchev–Trinajstić information content (AvgIpc) is 2.92. The number of hydrogen-bond donors (Lipinski definition) is 2. The van der Waals surface area contributed by atoms with Crippen LogP contribution in [0.25, 0.3) is 0 Å². The van der Waals surface area contributed by atoms with Gasteiger partial charge in [-0.05, 0) is 32.8 Å². The van der Waals surface area contributed by atoms with Crippen LogP contribution in [0.2, 0.25) is 0 Å². The van der Waals surface area contributed by atoms with Gasteiger partial charge in [-0.15, -0.1) is 0 Å². The van der Waals surface area contributed by atoms with Crippen molar-refractivity contribution in [1.29, 1.82) is 0 Å². The third-order valence-electron chi connectivity index (χ3n) is 4.24. The second-order valence-corrected chi connectivity index (χ2v) is 5.38. The van der Waals surface area contributed by atoms with E-state index in [0.29, 0.717) is 42.0 Å². The number of carbonyl (C=O) groups excluding carboxylic acids is 2. The van der Waals surface area contributed by atoms with Crippen LogP contribution in [0.3, 0.4) is 0 Å². The Labute approximate surface area is 117 Å². The molecular formula is C15H18N2O3. The van der Waals surface area contributed by atoms with Crippen LogP contribution in [0, 0.1) is 6.92 Å². The number of Topliss-reactive ketones (excluding diaryl/α,β-unsaturated/α-hetero) is 2. The van der Waals surface area contributed by atoms with Crippen molar-refractivity contribution in [2.75, 3.05) is 6.54 Å². The molecule has 0 amide bonds. The number of allylic oxidation sites excluding steroid dienone is 2. The van der Waals surface area contributed by atoms with Crippen molar-refractivity contribution in [1.82, 2.24) is 9.88 Å². The molecule has 1 aliphatic carbocycles. The molecule has 2 heterocycles. The quantitative estimate of drug-likeness (QED) is 0.857. The van der Waals surface area contributed by atoms with Crippen LogP contribution < -0.4 is 5.32 Å². The highest BCUT2D eigenvalue weighted by Gasteiger charge is 2.39. The molecule has 5 nitrogen and oxygen atoms in total. The number of likely N-dealkylation sites (N-methyl/N-ethyl adjacent to an activating group) is 1. The van der Waals surface area contributed by atoms with E-state index >= 15 is 0 Å². The van der Waals surface area contributed by atoms with Crippen molar-refractivity contribution < 1.29 is 14.7 Å². The van der Waals surface area contributed by atoms with Crippen LogP contribution >= 0.6 is 0 Å². The standard InChI is InChI=1S/C15H18N2O3/c1-4-16-11-8(3)14(19)13-10(15(11)20)7(2)12-9(18)5-6-17(12)13/h9,16,18H,4-6H2,1-3H3. The van der Waals surface area contributed by atoms with E-state index in [9.17, 15) is 14.7 Å². The molecule has 0 radical (unpaired) electrons. The molecule has 3 rings (SSSR count). The van der Waals surface area contributed by atoms with Crippen LogP contribution in [0.15, 0.2) is 11.3 Å². The van der Waals surface area contributed by atoms with E-state index in [1.54, 1.807) is 6.92 Å². The van der Waals surface area contributed by atoms with Crippen molar-refractivity contribution in [3.8, 4) is 0 Å². The summed E-state index contributed by atoms with van der Waals surface area (Å²) < 4.78 is 1.82. The summed E-state index contributed by atoms with van der Waals surface area (Å²) in [5.41, 5.74) is 3.25. The van der Waals surface area contributed by atoms with Crippen molar-refractivity contribution in [3.05, 3.63) is 33.8 Å². The number of aromatic nitrogens is 1. The number of rotatable bonds is 2. The molecule has 1 unspecified atom stereocenters. The van der Waals surface area contributed by atoms with E-state index in [1.807, 2.05) is 18.4 Å². The molecule has 0 saturated carbocycles. The SMILES string of the molecule is CCNC1=C(C)C(=O)c2c(c(C)c3n2CCC3O)C1=O. The Morgan fingerprint density at radius 2 is 2.00 bits per heavy atom. The highest BCUT2D eigenvalue weighted by Crippen LogP contribution is 2.38. The Morgan fingerprint density at radius 1 is 1.30 bits per heavy atom. The van der Waals surface area contributed by atoms with E-state index in [4.69, 9.17) is 0 Å². The monoisotopic (exact) mass is 274 g/mol. The van der Waals surface area contributed by atoms with Gasteiger partial charge in [0.2, 0.25) is 11.6 Å². The molecule has 20 heavy (non-hydrogen) atoms. The lowest BCUT2D eigenvalue weighted by atomic mass is 9.90. The first-order chi connectivity index (χ1) is 9.49. The number of aliphatic hydroxyl groups excluding tert-OH is 1. The number of nitrogens with zero attached hydrogens (tertiary/aromatic N) is 1. The van der Waals surface area contributed by atoms with Gasteiger partial charge >= 0.3 is 0 Å². The van der Waals surface area contributed by atoms with E-state index in [-0.39, 0.29) is 11.6 Å². The normalized spacial score (nSPS) is 21.3. The Kier molecular flexibility index (Phi) is 2.83. The number of carbonyl (C=O) groups is 2. The Balaban J connectivity index is 2.25. The maximum absolute atomic E-state index is 12.6. The zero-order valence-corrected chi connectivity index (χ0v) is 11.9. The third kappa shape index (κ3) is 1.47. The molecule has 0 aromatic carbocycles. The molecule has 0 saturated heterocycles. The van der Waals surface area contributed by atoms with Crippen molar-refractivity contribution in [3.63, 3.8) is 0 Å². The van der Waals surface area contributed by atoms with Gasteiger partial charge < -0.3 is 15.0 Å². The first-order valence-electron chi connectivity index (χ1n) is 6.94. The Bertz CT molecular complexity index is 667. The maximum atomic E-state index is 12.6. The summed E-state index contributed by atoms with van der Waals surface area (Å²) in [5, 5.41) is 13.0. The summed E-state index contributed by atoms with van der Waals surface area (Å²) >= 11 is 0. The lowest BCUT2D eigenvalue weighted by molar-refractivity contribution is 0.0963. The molecule has 0 spiro atoms. The minimum Gasteiger partial charge on any atom is -0.387 e. The second-order valence-electron chi connectivity index (χ2n) is 5.38. The summed E-state index contributed by atoms with van der Waals surface area (Å²) in [4.78, 5) is 25.2. The van der Waals surface area contributed by atoms with Gasteiger partial charge in [0.1, 0.15) is 5.69 Å². The molecule has 106 valence electrons. The van der Waals surface area contributed by atoms with E-state index in [2.05, 4.69) is 5.32 Å². The second kappa shape index (κ2) is 4.31. The predicted molar refractivity (Wildman–Crippen MR) is 73.8 cm³/mol. The summed E-state index contributed by atoms with van der Waals surface area (Å²) in [5.74, 6) is -0.246. The summed E-state index contributed by atoms with van der Waals surface area (Å²) in [6.45, 7) is 6.58. The number of ketones is 2. The van der Waals surface area contributed by atoms with Crippen LogP contribution in [0.4, 0.5) is 0 Å². The third-order valence-corrected chi connectivity index (χ3v) is 4.24. The first kappa shape index (κ1) is 13.1. The zero-order chi connectivity index (χ0) is 14.6. The molecule has 2 aliphatic rings. The molecule has 1 atom stereocenters. The minimum absolute atomic E-state index is 0.112. The molecular weight excluding hydrogens is 256 g/mol. The largest absolute Gasteiger partial charge is 0.387 e. The maximum Gasteiger partial charge on any atom is 0.211 e. The summed E-state index contributed by atoms with van der Waals surface area (Å²) in [6, 6.07) is 0. The fourth-order valence-corrected chi connectivity index (χ4v) is 3.30. The summed E-state index contributed by atoms with van der Waals surface area (Å²) in [6.07, 6.45) is 0.0254. The number of fused-ring (bicyclic) bond motifs is 3. The van der Waals surface area contributed by atoms with Gasteiger partial charge in [-0.1, -0.05) is 0 Å². The van der Waals surface area contributed by atoms with Gasteiger partial charge in [0.25, 0.3) is 0 Å². The van der Waals surface area contributed by atoms with E-state index < -0.39 is 6.10 Å². The Hall–Kier alpha value is -1.88. The number of hydrogen-bond acceptors (Lipinski definition) is 4. The first-order valence-corrected chi connectivity index (χ1v) is 6.94. The topological polar surface area (TPSA) is 71.3 Å². The average molecular weight is 274 g/mol. The lowest BCUT2D eigenvalue weighted by Gasteiger charge is -2.19. The van der Waals surface area contributed by atoms with Crippen LogP contribution in [0.5, 0.6) is 0 Å². The summed E-state index contributed by atoms with van der Waals surface area (Å²) in [7, 11) is 0. The number of aliphatic hydroxyl groups is 1. The fraction of sp³-hybridized carbons (Fsp3) is 0.467. The predicted octanol–water partition coefficient (Wildman–Crippen LogP) is 1.50. The van der Waals surface area contributed by atoms with Gasteiger partial charge in [-0.25, -0.2) is 0 Å². The molecule has 0 fully saturated rings.